The van der Waals surface area contributed by atoms with Gasteiger partial charge in [0.1, 0.15) is 0 Å². The molecule has 11 nitrogen and oxygen atoms in total. The van der Waals surface area contributed by atoms with E-state index < -0.39 is 40.3 Å². The molecule has 12 heteroatoms. The van der Waals surface area contributed by atoms with Crippen LogP contribution in [0.4, 0.5) is 0 Å². The highest BCUT2D eigenvalue weighted by molar-refractivity contribution is 9.10. The van der Waals surface area contributed by atoms with Gasteiger partial charge in [0.05, 0.1) is 54.2 Å². The number of carboxylic acids is 1. The first-order valence-corrected chi connectivity index (χ1v) is 17.3. The van der Waals surface area contributed by atoms with Crippen molar-refractivity contribution >= 4 is 39.6 Å². The second-order valence-corrected chi connectivity index (χ2v) is 15.4. The van der Waals surface area contributed by atoms with Gasteiger partial charge in [0.25, 0.3) is 5.91 Å². The second-order valence-electron chi connectivity index (χ2n) is 14.5. The molecule has 6 aliphatic rings. The molecule has 1 N–H and O–H groups in total. The molecular formula is C34H44BrN3O8. The smallest absolute Gasteiger partial charge is 0.309 e. The quantitative estimate of drug-likeness (QED) is 0.394. The number of nitrogens with zero attached hydrogens (tertiary/aromatic N) is 3. The number of benzene rings is 1. The number of rotatable bonds is 10. The van der Waals surface area contributed by atoms with Gasteiger partial charge in [-0.15, -0.1) is 0 Å². The first-order valence-electron chi connectivity index (χ1n) is 16.5. The first kappa shape index (κ1) is 32.0. The Morgan fingerprint density at radius 1 is 0.696 bits per heavy atom. The highest BCUT2D eigenvalue weighted by Crippen LogP contribution is 2.59. The molecule has 6 fully saturated rings. The zero-order valence-electron chi connectivity index (χ0n) is 26.8. The van der Waals surface area contributed by atoms with E-state index in [1.807, 2.05) is 39.0 Å². The Hall–Kier alpha value is -2.54. The zero-order chi connectivity index (χ0) is 32.6. The van der Waals surface area contributed by atoms with E-state index in [2.05, 4.69) is 15.9 Å². The van der Waals surface area contributed by atoms with E-state index in [9.17, 15) is 24.3 Å². The van der Waals surface area contributed by atoms with Crippen molar-refractivity contribution in [1.29, 1.82) is 0 Å². The molecule has 46 heavy (non-hydrogen) atoms. The third kappa shape index (κ3) is 4.31. The molecular weight excluding hydrogens is 658 g/mol. The summed E-state index contributed by atoms with van der Waals surface area (Å²) in [5, 5.41) is 10.1. The maximum absolute atomic E-state index is 15.0. The maximum Gasteiger partial charge on any atom is 0.309 e. The van der Waals surface area contributed by atoms with Gasteiger partial charge in [-0.1, -0.05) is 15.9 Å². The summed E-state index contributed by atoms with van der Waals surface area (Å²) in [5.41, 5.74) is -1.91. The summed E-state index contributed by atoms with van der Waals surface area (Å²) in [5.74, 6) is -2.73. The lowest BCUT2D eigenvalue weighted by atomic mass is 9.74. The number of amides is 3. The first-order chi connectivity index (χ1) is 22.1. The van der Waals surface area contributed by atoms with Gasteiger partial charge in [0.2, 0.25) is 11.8 Å². The number of halogens is 1. The van der Waals surface area contributed by atoms with Gasteiger partial charge >= 0.3 is 5.97 Å². The Bertz CT molecular complexity index is 1430. The Kier molecular flexibility index (Phi) is 8.05. The molecule has 1 aromatic rings. The summed E-state index contributed by atoms with van der Waals surface area (Å²) >= 11 is 3.45. The number of carbonyl (C=O) groups excluding carboxylic acids is 3. The molecule has 6 heterocycles. The lowest BCUT2D eigenvalue weighted by Crippen LogP contribution is -2.62. The number of hydrogen-bond acceptors (Lipinski definition) is 7. The minimum atomic E-state index is -0.893. The fraction of sp³-hybridized carbons (Fsp3) is 0.706. The minimum absolute atomic E-state index is 0.0258. The Labute approximate surface area is 278 Å². The Morgan fingerprint density at radius 2 is 1.09 bits per heavy atom. The molecule has 7 rings (SSSR count). The van der Waals surface area contributed by atoms with Crippen LogP contribution in [-0.4, -0.2) is 119 Å². The second kappa shape index (κ2) is 11.6. The highest BCUT2D eigenvalue weighted by atomic mass is 79.9. The SMILES string of the molecule is COC[C@@]12CC[C@@H](C[C@H]1C(=O)N1[C@H]3CC[C@]1(COC)[C@H](C(=O)N1[C@H]4CC[C@]1(COC)[C@H](C(=O)O)C4)C3)N2C(=O)c1ccc(Br)cc1. The summed E-state index contributed by atoms with van der Waals surface area (Å²) in [6.07, 6.45) is 5.74. The predicted octanol–water partition coefficient (Wildman–Crippen LogP) is 3.34. The van der Waals surface area contributed by atoms with Crippen LogP contribution < -0.4 is 0 Å². The molecule has 9 atom stereocenters. The van der Waals surface area contributed by atoms with Crippen LogP contribution in [-0.2, 0) is 28.6 Å². The van der Waals surface area contributed by atoms with Crippen LogP contribution in [0.5, 0.6) is 0 Å². The van der Waals surface area contributed by atoms with Crippen molar-refractivity contribution in [2.24, 2.45) is 17.8 Å². The van der Waals surface area contributed by atoms with Gasteiger partial charge in [0.15, 0.2) is 0 Å². The van der Waals surface area contributed by atoms with Gasteiger partial charge in [-0.3, -0.25) is 19.2 Å². The van der Waals surface area contributed by atoms with Crippen molar-refractivity contribution < 1.29 is 38.5 Å². The van der Waals surface area contributed by atoms with Crippen molar-refractivity contribution in [3.8, 4) is 0 Å². The summed E-state index contributed by atoms with van der Waals surface area (Å²) in [6, 6.07) is 6.98. The van der Waals surface area contributed by atoms with Crippen LogP contribution in [0.2, 0.25) is 0 Å². The molecule has 0 unspecified atom stereocenters. The number of carbonyl (C=O) groups is 4. The fourth-order valence-corrected chi connectivity index (χ4v) is 11.2. The standard InChI is InChI=1S/C34H44BrN3O8/c1-44-17-32-11-8-22(36(32)28(39)20-4-6-21(35)7-5-20)14-25(32)29(40)37-23-9-12-33(37,18-45-2)26(15-23)30(41)38-24-10-13-34(38,19-46-3)27(16-24)31(42)43/h4-7,22-27H,8-19H2,1-3H3,(H,42,43)/t22-,23-,24-,25-,26-,27-,32-,33-,34-/m0/s1. The average Bonchev–Trinajstić information content (AvgIpc) is 3.86. The average molecular weight is 703 g/mol. The van der Waals surface area contributed by atoms with Crippen molar-refractivity contribution in [1.82, 2.24) is 14.7 Å². The molecule has 1 aromatic carbocycles. The van der Waals surface area contributed by atoms with Crippen LogP contribution in [0.3, 0.4) is 0 Å². The lowest BCUT2D eigenvalue weighted by molar-refractivity contribution is -0.155. The van der Waals surface area contributed by atoms with E-state index in [4.69, 9.17) is 14.2 Å². The minimum Gasteiger partial charge on any atom is -0.481 e. The topological polar surface area (TPSA) is 126 Å². The molecule has 6 saturated heterocycles. The van der Waals surface area contributed by atoms with Gasteiger partial charge in [-0.25, -0.2) is 0 Å². The lowest BCUT2D eigenvalue weighted by Gasteiger charge is -2.45. The van der Waals surface area contributed by atoms with Crippen molar-refractivity contribution in [3.05, 3.63) is 34.3 Å². The van der Waals surface area contributed by atoms with Gasteiger partial charge in [-0.05, 0) is 82.1 Å². The van der Waals surface area contributed by atoms with E-state index in [1.165, 1.54) is 0 Å². The Balaban J connectivity index is 1.21. The van der Waals surface area contributed by atoms with Crippen LogP contribution in [0.25, 0.3) is 0 Å². The van der Waals surface area contributed by atoms with Crippen molar-refractivity contribution in [2.75, 3.05) is 41.2 Å². The van der Waals surface area contributed by atoms with Gasteiger partial charge < -0.3 is 34.0 Å². The van der Waals surface area contributed by atoms with Gasteiger partial charge in [0, 0.05) is 49.5 Å². The van der Waals surface area contributed by atoms with E-state index in [1.54, 1.807) is 21.3 Å². The number of hydrogen-bond donors (Lipinski definition) is 1. The van der Waals surface area contributed by atoms with Crippen LogP contribution in [0.1, 0.15) is 68.1 Å². The van der Waals surface area contributed by atoms with Crippen molar-refractivity contribution in [3.63, 3.8) is 0 Å². The molecule has 0 aromatic heterocycles. The normalized spacial score (nSPS) is 38.7. The third-order valence-electron chi connectivity index (χ3n) is 12.6. The third-order valence-corrected chi connectivity index (χ3v) is 13.1. The van der Waals surface area contributed by atoms with Gasteiger partial charge in [-0.2, -0.15) is 0 Å². The summed E-state index contributed by atoms with van der Waals surface area (Å²) < 4.78 is 18.0. The molecule has 6 bridgehead atoms. The predicted molar refractivity (Wildman–Crippen MR) is 169 cm³/mol. The molecule has 6 aliphatic heterocycles. The molecule has 0 radical (unpaired) electrons. The molecule has 3 amide bonds. The maximum atomic E-state index is 15.0. The summed E-state index contributed by atoms with van der Waals surface area (Å²) in [4.78, 5) is 61.9. The monoisotopic (exact) mass is 701 g/mol. The number of ether oxygens (including phenoxy) is 3. The molecule has 0 spiro atoms. The van der Waals surface area contributed by atoms with E-state index in [0.717, 1.165) is 23.7 Å². The van der Waals surface area contributed by atoms with Crippen molar-refractivity contribution in [2.45, 2.75) is 92.5 Å². The largest absolute Gasteiger partial charge is 0.481 e. The van der Waals surface area contributed by atoms with E-state index in [-0.39, 0.29) is 55.7 Å². The van der Waals surface area contributed by atoms with Crippen LogP contribution >= 0.6 is 15.9 Å². The molecule has 0 aliphatic carbocycles. The molecule has 250 valence electrons. The number of carboxylic acid groups (broad SMARTS) is 1. The molecule has 0 saturated carbocycles. The fourth-order valence-electron chi connectivity index (χ4n) is 11.0. The zero-order valence-corrected chi connectivity index (χ0v) is 28.4. The van der Waals surface area contributed by atoms with Crippen LogP contribution in [0, 0.1) is 17.8 Å². The van der Waals surface area contributed by atoms with Crippen LogP contribution in [0.15, 0.2) is 28.7 Å². The summed E-state index contributed by atoms with van der Waals surface area (Å²) in [7, 11) is 4.79. The summed E-state index contributed by atoms with van der Waals surface area (Å²) in [6.45, 7) is 0.651. The van der Waals surface area contributed by atoms with E-state index >= 15 is 0 Å². The number of methoxy groups -OCH3 is 3. The number of aliphatic carboxylic acids is 1. The number of fused-ring (bicyclic) bond motifs is 6. The Morgan fingerprint density at radius 3 is 1.52 bits per heavy atom. The highest BCUT2D eigenvalue weighted by Gasteiger charge is 2.70. The van der Waals surface area contributed by atoms with E-state index in [0.29, 0.717) is 44.1 Å².